The molecule has 0 aliphatic carbocycles. The maximum atomic E-state index is 13.1. The van der Waals surface area contributed by atoms with Gasteiger partial charge in [0.25, 0.3) is 5.56 Å². The quantitative estimate of drug-likeness (QED) is 0.775. The molecule has 0 radical (unpaired) electrons. The first-order valence-corrected chi connectivity index (χ1v) is 6.43. The fraction of sp³-hybridized carbons (Fsp3) is 0.0625. The summed E-state index contributed by atoms with van der Waals surface area (Å²) in [6.07, 6.45) is 0. The molecule has 106 valence electrons. The van der Waals surface area contributed by atoms with E-state index in [9.17, 15) is 13.6 Å². The van der Waals surface area contributed by atoms with E-state index in [0.29, 0.717) is 16.8 Å². The molecule has 2 aromatic carbocycles. The Balaban J connectivity index is 1.85. The van der Waals surface area contributed by atoms with Crippen LogP contribution in [0, 0.1) is 11.6 Å². The number of aromatic nitrogens is 1. The molecule has 3 nitrogen and oxygen atoms in total. The summed E-state index contributed by atoms with van der Waals surface area (Å²) in [5, 5.41) is 4.42. The normalized spacial score (nSPS) is 10.8. The van der Waals surface area contributed by atoms with Crippen molar-refractivity contribution in [1.29, 1.82) is 0 Å². The third-order valence-electron chi connectivity index (χ3n) is 3.22. The third-order valence-corrected chi connectivity index (χ3v) is 3.22. The van der Waals surface area contributed by atoms with Crippen LogP contribution < -0.4 is 10.9 Å². The number of halogens is 2. The number of hydrogen-bond donors (Lipinski definition) is 2. The van der Waals surface area contributed by atoms with Gasteiger partial charge in [-0.05, 0) is 35.2 Å². The van der Waals surface area contributed by atoms with Gasteiger partial charge < -0.3 is 10.3 Å². The number of rotatable bonds is 3. The van der Waals surface area contributed by atoms with Crippen LogP contribution in [0.3, 0.4) is 0 Å². The van der Waals surface area contributed by atoms with E-state index in [2.05, 4.69) is 10.3 Å². The molecule has 0 spiro atoms. The van der Waals surface area contributed by atoms with Gasteiger partial charge in [0, 0.05) is 11.9 Å². The van der Waals surface area contributed by atoms with Gasteiger partial charge in [-0.25, -0.2) is 8.78 Å². The smallest absolute Gasteiger partial charge is 0.257 e. The van der Waals surface area contributed by atoms with Crippen molar-refractivity contribution >= 4 is 16.6 Å². The molecule has 0 aliphatic heterocycles. The molecule has 0 amide bonds. The van der Waals surface area contributed by atoms with E-state index in [1.165, 1.54) is 6.07 Å². The highest BCUT2D eigenvalue weighted by molar-refractivity contribution is 5.83. The van der Waals surface area contributed by atoms with E-state index in [1.807, 2.05) is 12.1 Å². The minimum Gasteiger partial charge on any atom is -0.367 e. The lowest BCUT2D eigenvalue weighted by atomic mass is 10.1. The van der Waals surface area contributed by atoms with E-state index in [1.54, 1.807) is 18.2 Å². The average molecular weight is 286 g/mol. The van der Waals surface area contributed by atoms with Crippen molar-refractivity contribution in [1.82, 2.24) is 4.98 Å². The van der Waals surface area contributed by atoms with Gasteiger partial charge in [0.05, 0.1) is 0 Å². The van der Waals surface area contributed by atoms with Gasteiger partial charge in [0.2, 0.25) is 0 Å². The van der Waals surface area contributed by atoms with Crippen LogP contribution in [0.2, 0.25) is 0 Å². The molecule has 0 unspecified atom stereocenters. The number of fused-ring (bicyclic) bond motifs is 1. The summed E-state index contributed by atoms with van der Waals surface area (Å²) in [4.78, 5) is 14.6. The van der Waals surface area contributed by atoms with Crippen LogP contribution in [-0.4, -0.2) is 4.98 Å². The topological polar surface area (TPSA) is 44.9 Å². The summed E-state index contributed by atoms with van der Waals surface area (Å²) in [7, 11) is 0. The summed E-state index contributed by atoms with van der Waals surface area (Å²) < 4.78 is 26.0. The number of anilines is 1. The van der Waals surface area contributed by atoms with Gasteiger partial charge >= 0.3 is 0 Å². The van der Waals surface area contributed by atoms with Crippen LogP contribution in [0.5, 0.6) is 0 Å². The lowest BCUT2D eigenvalue weighted by Crippen LogP contribution is -2.11. The molecule has 5 heteroatoms. The first kappa shape index (κ1) is 13.3. The van der Waals surface area contributed by atoms with E-state index >= 15 is 0 Å². The van der Waals surface area contributed by atoms with Crippen molar-refractivity contribution in [3.8, 4) is 0 Å². The fourth-order valence-electron chi connectivity index (χ4n) is 2.15. The van der Waals surface area contributed by atoms with Crippen LogP contribution in [0.1, 0.15) is 5.56 Å². The molecule has 3 aromatic rings. The maximum absolute atomic E-state index is 13.1. The molecule has 0 saturated carbocycles. The zero-order valence-electron chi connectivity index (χ0n) is 11.0. The Bertz CT molecular complexity index is 858. The second kappa shape index (κ2) is 5.36. The molecule has 0 fully saturated rings. The monoisotopic (exact) mass is 286 g/mol. The molecule has 0 bridgehead atoms. The first-order valence-electron chi connectivity index (χ1n) is 6.43. The number of nitrogens with one attached hydrogen (secondary N) is 2. The van der Waals surface area contributed by atoms with Crippen molar-refractivity contribution in [3.05, 3.63) is 76.1 Å². The van der Waals surface area contributed by atoms with E-state index < -0.39 is 11.6 Å². The van der Waals surface area contributed by atoms with Crippen LogP contribution in [0.25, 0.3) is 10.8 Å². The highest BCUT2D eigenvalue weighted by atomic mass is 19.2. The zero-order valence-corrected chi connectivity index (χ0v) is 11.0. The lowest BCUT2D eigenvalue weighted by molar-refractivity contribution is 0.507. The summed E-state index contributed by atoms with van der Waals surface area (Å²) >= 11 is 0. The van der Waals surface area contributed by atoms with Gasteiger partial charge in [-0.3, -0.25) is 4.79 Å². The molecule has 1 heterocycles. The number of pyridine rings is 1. The Morgan fingerprint density at radius 1 is 1.00 bits per heavy atom. The Labute approximate surface area is 119 Å². The predicted molar refractivity (Wildman–Crippen MR) is 78.3 cm³/mol. The minimum atomic E-state index is -0.888. The SMILES string of the molecule is O=c1[nH]c(NCc2ccc(F)c(F)c2)cc2ccccc12. The number of H-pyrrole nitrogens is 1. The molecule has 0 atom stereocenters. The highest BCUT2D eigenvalue weighted by Crippen LogP contribution is 2.14. The van der Waals surface area contributed by atoms with Crippen LogP contribution in [-0.2, 0) is 6.54 Å². The van der Waals surface area contributed by atoms with E-state index in [-0.39, 0.29) is 12.1 Å². The van der Waals surface area contributed by atoms with Crippen LogP contribution in [0.15, 0.2) is 53.3 Å². The Morgan fingerprint density at radius 3 is 2.62 bits per heavy atom. The van der Waals surface area contributed by atoms with Gasteiger partial charge in [-0.15, -0.1) is 0 Å². The molecular weight excluding hydrogens is 274 g/mol. The van der Waals surface area contributed by atoms with Gasteiger partial charge in [-0.2, -0.15) is 0 Å². The standard InChI is InChI=1S/C16H12F2N2O/c17-13-6-5-10(7-14(13)18)9-19-15-8-11-3-1-2-4-12(11)16(21)20-15/h1-8H,9H2,(H2,19,20,21). The largest absolute Gasteiger partial charge is 0.367 e. The second-order valence-electron chi connectivity index (χ2n) is 4.70. The van der Waals surface area contributed by atoms with Crippen LogP contribution in [0.4, 0.5) is 14.6 Å². The number of benzene rings is 2. The molecular formula is C16H12F2N2O. The molecule has 21 heavy (non-hydrogen) atoms. The van der Waals surface area contributed by atoms with E-state index in [4.69, 9.17) is 0 Å². The molecule has 0 saturated heterocycles. The predicted octanol–water partition coefficient (Wildman–Crippen LogP) is 3.42. The van der Waals surface area contributed by atoms with E-state index in [0.717, 1.165) is 17.5 Å². The fourth-order valence-corrected chi connectivity index (χ4v) is 2.15. The second-order valence-corrected chi connectivity index (χ2v) is 4.70. The van der Waals surface area contributed by atoms with Crippen molar-refractivity contribution in [2.24, 2.45) is 0 Å². The number of hydrogen-bond acceptors (Lipinski definition) is 2. The Hall–Kier alpha value is -2.69. The van der Waals surface area contributed by atoms with Gasteiger partial charge in [-0.1, -0.05) is 24.3 Å². The molecule has 2 N–H and O–H groups in total. The zero-order chi connectivity index (χ0) is 14.8. The van der Waals surface area contributed by atoms with Crippen molar-refractivity contribution in [2.75, 3.05) is 5.32 Å². The van der Waals surface area contributed by atoms with Crippen LogP contribution >= 0.6 is 0 Å². The summed E-state index contributed by atoms with van der Waals surface area (Å²) in [5.41, 5.74) is 0.392. The summed E-state index contributed by atoms with van der Waals surface area (Å²) in [6, 6.07) is 12.7. The average Bonchev–Trinajstić information content (AvgIpc) is 2.49. The minimum absolute atomic E-state index is 0.194. The molecule has 3 rings (SSSR count). The summed E-state index contributed by atoms with van der Waals surface area (Å²) in [6.45, 7) is 0.283. The molecule has 0 aliphatic rings. The van der Waals surface area contributed by atoms with Crippen molar-refractivity contribution in [3.63, 3.8) is 0 Å². The van der Waals surface area contributed by atoms with Crippen molar-refractivity contribution in [2.45, 2.75) is 6.54 Å². The third kappa shape index (κ3) is 2.76. The van der Waals surface area contributed by atoms with Gasteiger partial charge in [0.1, 0.15) is 5.82 Å². The Kier molecular flexibility index (Phi) is 3.39. The molecule has 1 aromatic heterocycles. The van der Waals surface area contributed by atoms with Gasteiger partial charge in [0.15, 0.2) is 11.6 Å². The van der Waals surface area contributed by atoms with Crippen molar-refractivity contribution < 1.29 is 8.78 Å². The highest BCUT2D eigenvalue weighted by Gasteiger charge is 2.04. The number of aromatic amines is 1. The summed E-state index contributed by atoms with van der Waals surface area (Å²) in [5.74, 6) is -1.23. The lowest BCUT2D eigenvalue weighted by Gasteiger charge is -2.08. The maximum Gasteiger partial charge on any atom is 0.257 e. The first-order chi connectivity index (χ1) is 10.1. The Morgan fingerprint density at radius 2 is 1.81 bits per heavy atom.